The Balaban J connectivity index is 1.56. The smallest absolute Gasteiger partial charge is 0.152 e. The van der Waals surface area contributed by atoms with Crippen LogP contribution in [0.1, 0.15) is 18.4 Å². The van der Waals surface area contributed by atoms with Crippen molar-refractivity contribution in [3.05, 3.63) is 60.6 Å². The number of hydrogen-bond donors (Lipinski definition) is 2. The number of nitrogens with one attached hydrogen (secondary N) is 2. The topological polar surface area (TPSA) is 82.2 Å². The fourth-order valence-electron chi connectivity index (χ4n) is 3.48. The Morgan fingerprint density at radius 1 is 1.21 bits per heavy atom. The number of imidazole rings is 1. The molecule has 1 saturated heterocycles. The van der Waals surface area contributed by atoms with E-state index in [-0.39, 0.29) is 0 Å². The fourth-order valence-corrected chi connectivity index (χ4v) is 4.00. The molecule has 0 spiro atoms. The second-order valence-corrected chi connectivity index (χ2v) is 8.57. The molecule has 1 unspecified atom stereocenters. The number of ether oxygens (including phenoxy) is 2. The third kappa shape index (κ3) is 5.32. The average Bonchev–Trinajstić information content (AvgIpc) is 3.24. The Hall–Kier alpha value is -2.48. The third-order valence-electron chi connectivity index (χ3n) is 5.06. The van der Waals surface area contributed by atoms with Crippen molar-refractivity contribution in [2.24, 2.45) is 5.92 Å². The highest BCUT2D eigenvalue weighted by Crippen LogP contribution is 2.33. The van der Waals surface area contributed by atoms with Crippen molar-refractivity contribution in [1.29, 1.82) is 0 Å². The summed E-state index contributed by atoms with van der Waals surface area (Å²) in [6.45, 7) is 1.64. The van der Waals surface area contributed by atoms with Crippen molar-refractivity contribution in [2.45, 2.75) is 24.2 Å². The van der Waals surface area contributed by atoms with E-state index in [4.69, 9.17) is 9.47 Å². The molecule has 1 aliphatic heterocycles. The van der Waals surface area contributed by atoms with Crippen molar-refractivity contribution in [1.82, 2.24) is 9.97 Å². The number of H-pyrrole nitrogens is 1. The van der Waals surface area contributed by atoms with Gasteiger partial charge in [-0.05, 0) is 84.4 Å². The lowest BCUT2D eigenvalue weighted by Crippen LogP contribution is -2.17. The summed E-state index contributed by atoms with van der Waals surface area (Å²) in [4.78, 5) is 7.97. The first kappa shape index (κ1) is 19.8. The van der Waals surface area contributed by atoms with E-state index < -0.39 is 11.2 Å². The molecule has 2 heterocycles. The summed E-state index contributed by atoms with van der Waals surface area (Å²) >= 11 is -0.996. The molecule has 3 aromatic rings. The molecule has 2 aromatic carbocycles. The minimum atomic E-state index is -0.996. The van der Waals surface area contributed by atoms with E-state index >= 15 is 0 Å². The van der Waals surface area contributed by atoms with Gasteiger partial charge in [0.25, 0.3) is 0 Å². The summed E-state index contributed by atoms with van der Waals surface area (Å²) in [7, 11) is 0. The van der Waals surface area contributed by atoms with Gasteiger partial charge in [0.2, 0.25) is 0 Å². The molecule has 1 aromatic heterocycles. The van der Waals surface area contributed by atoms with Gasteiger partial charge in [0.1, 0.15) is 23.6 Å². The Kier molecular flexibility index (Phi) is 6.39. The van der Waals surface area contributed by atoms with Crippen LogP contribution in [0.5, 0.6) is 11.5 Å². The van der Waals surface area contributed by atoms with E-state index in [1.54, 1.807) is 12.6 Å². The van der Waals surface area contributed by atoms with Crippen LogP contribution < -0.4 is 10.1 Å². The molecule has 1 fully saturated rings. The molecule has 152 valence electrons. The number of anilines is 2. The molecule has 0 amide bonds. The first-order valence-electron chi connectivity index (χ1n) is 9.75. The van der Waals surface area contributed by atoms with E-state index in [9.17, 15) is 4.55 Å². The summed E-state index contributed by atoms with van der Waals surface area (Å²) in [5.74, 6) is 2.94. The van der Waals surface area contributed by atoms with Gasteiger partial charge in [0.15, 0.2) is 4.90 Å². The first-order valence-corrected chi connectivity index (χ1v) is 11.3. The van der Waals surface area contributed by atoms with Crippen molar-refractivity contribution in [2.75, 3.05) is 24.8 Å². The minimum absolute atomic E-state index is 0.580. The van der Waals surface area contributed by atoms with Gasteiger partial charge >= 0.3 is 0 Å². The van der Waals surface area contributed by atoms with E-state index in [1.807, 2.05) is 42.6 Å². The normalized spacial score (nSPS) is 15.8. The molecule has 7 heteroatoms. The number of rotatable bonds is 7. The molecule has 1 aliphatic rings. The van der Waals surface area contributed by atoms with Crippen LogP contribution in [0, 0.1) is 5.92 Å². The highest BCUT2D eigenvalue weighted by molar-refractivity contribution is 7.90. The fraction of sp³-hybridized carbons (Fsp3) is 0.318. The SMILES string of the molecule is C[S+]([O-])c1ccc(Oc2ccc(Nc3c[nH]cn3)cc2CC2CCOCC2)cc1. The molecule has 0 aliphatic carbocycles. The maximum absolute atomic E-state index is 11.6. The number of nitrogens with zero attached hydrogens (tertiary/aromatic N) is 1. The first-order chi connectivity index (χ1) is 14.2. The number of aromatic nitrogens is 2. The van der Waals surface area contributed by atoms with Crippen molar-refractivity contribution in [3.63, 3.8) is 0 Å². The van der Waals surface area contributed by atoms with Crippen LogP contribution in [0.25, 0.3) is 0 Å². The molecule has 4 rings (SSSR count). The van der Waals surface area contributed by atoms with Gasteiger partial charge in [-0.15, -0.1) is 0 Å². The standard InChI is InChI=1S/C22H25N3O3S/c1-29(26)20-5-3-19(4-6-20)28-21-7-2-18(25-22-14-23-15-24-22)13-17(21)12-16-8-10-27-11-9-16/h2-7,13-16,25H,8-12H2,1H3,(H,23,24). The summed E-state index contributed by atoms with van der Waals surface area (Å²) in [6.07, 6.45) is 8.21. The maximum atomic E-state index is 11.6. The molecule has 0 radical (unpaired) electrons. The monoisotopic (exact) mass is 411 g/mol. The van der Waals surface area contributed by atoms with Crippen molar-refractivity contribution in [3.8, 4) is 11.5 Å². The van der Waals surface area contributed by atoms with Crippen LogP contribution in [0.3, 0.4) is 0 Å². The lowest BCUT2D eigenvalue weighted by molar-refractivity contribution is 0.0664. The predicted octanol–water partition coefficient (Wildman–Crippen LogP) is 4.65. The van der Waals surface area contributed by atoms with Crippen molar-refractivity contribution >= 4 is 22.7 Å². The minimum Gasteiger partial charge on any atom is -0.612 e. The Labute approximate surface area is 173 Å². The summed E-state index contributed by atoms with van der Waals surface area (Å²) in [5, 5.41) is 3.32. The van der Waals surface area contributed by atoms with Gasteiger partial charge in [0.05, 0.1) is 6.33 Å². The molecule has 1 atom stereocenters. The van der Waals surface area contributed by atoms with Gasteiger partial charge in [-0.3, -0.25) is 0 Å². The lowest BCUT2D eigenvalue weighted by Gasteiger charge is -2.23. The predicted molar refractivity (Wildman–Crippen MR) is 114 cm³/mol. The summed E-state index contributed by atoms with van der Waals surface area (Å²) in [5.41, 5.74) is 2.13. The molecule has 0 bridgehead atoms. The highest BCUT2D eigenvalue weighted by atomic mass is 32.2. The molecule has 29 heavy (non-hydrogen) atoms. The second-order valence-electron chi connectivity index (χ2n) is 7.19. The zero-order valence-electron chi connectivity index (χ0n) is 16.4. The van der Waals surface area contributed by atoms with Crippen LogP contribution >= 0.6 is 0 Å². The zero-order valence-corrected chi connectivity index (χ0v) is 17.2. The van der Waals surface area contributed by atoms with E-state index in [0.717, 1.165) is 65.9 Å². The van der Waals surface area contributed by atoms with E-state index in [1.165, 1.54) is 0 Å². The lowest BCUT2D eigenvalue weighted by atomic mass is 9.92. The van der Waals surface area contributed by atoms with Crippen LogP contribution in [-0.2, 0) is 22.3 Å². The van der Waals surface area contributed by atoms with Gasteiger partial charge < -0.3 is 24.3 Å². The maximum Gasteiger partial charge on any atom is 0.152 e. The van der Waals surface area contributed by atoms with E-state index in [0.29, 0.717) is 5.92 Å². The number of aromatic amines is 1. The van der Waals surface area contributed by atoms with Gasteiger partial charge in [-0.1, -0.05) is 0 Å². The highest BCUT2D eigenvalue weighted by Gasteiger charge is 2.18. The molecule has 2 N–H and O–H groups in total. The van der Waals surface area contributed by atoms with Crippen molar-refractivity contribution < 1.29 is 14.0 Å². The van der Waals surface area contributed by atoms with Crippen LogP contribution in [0.4, 0.5) is 11.5 Å². The van der Waals surface area contributed by atoms with Gasteiger partial charge in [-0.25, -0.2) is 4.98 Å². The molecule has 6 nitrogen and oxygen atoms in total. The Morgan fingerprint density at radius 2 is 2.00 bits per heavy atom. The van der Waals surface area contributed by atoms with Gasteiger partial charge in [0, 0.05) is 25.1 Å². The van der Waals surface area contributed by atoms with Crippen LogP contribution in [-0.4, -0.2) is 34.0 Å². The largest absolute Gasteiger partial charge is 0.612 e. The third-order valence-corrected chi connectivity index (χ3v) is 6.00. The van der Waals surface area contributed by atoms with Crippen LogP contribution in [0.2, 0.25) is 0 Å². The van der Waals surface area contributed by atoms with Gasteiger partial charge in [-0.2, -0.15) is 0 Å². The quantitative estimate of drug-likeness (QED) is 0.553. The molecular weight excluding hydrogens is 386 g/mol. The van der Waals surface area contributed by atoms with Crippen LogP contribution in [0.15, 0.2) is 59.9 Å². The molecule has 0 saturated carbocycles. The summed E-state index contributed by atoms with van der Waals surface area (Å²) < 4.78 is 23.3. The number of hydrogen-bond acceptors (Lipinski definition) is 5. The van der Waals surface area contributed by atoms with E-state index in [2.05, 4.69) is 21.4 Å². The Bertz CT molecular complexity index is 908. The zero-order chi connectivity index (χ0) is 20.1. The summed E-state index contributed by atoms with van der Waals surface area (Å²) in [6, 6.07) is 13.5. The number of benzene rings is 2. The second kappa shape index (κ2) is 9.35. The average molecular weight is 412 g/mol. The molecular formula is C22H25N3O3S. The Morgan fingerprint density at radius 3 is 2.69 bits per heavy atom.